The molecule has 1 fully saturated rings. The molecule has 226 valence electrons. The van der Waals surface area contributed by atoms with E-state index in [0.29, 0.717) is 48.7 Å². The molecule has 2 N–H and O–H groups in total. The van der Waals surface area contributed by atoms with Crippen LogP contribution in [0.3, 0.4) is 0 Å². The minimum absolute atomic E-state index is 0.0392. The van der Waals surface area contributed by atoms with Crippen LogP contribution in [0, 0.1) is 17.8 Å². The monoisotopic (exact) mass is 612 g/mol. The Morgan fingerprint density at radius 1 is 1.19 bits per heavy atom. The smallest absolute Gasteiger partial charge is 0.263 e. The normalized spacial score (nSPS) is 32.4. The summed E-state index contributed by atoms with van der Waals surface area (Å²) in [5.41, 5.74) is 2.02. The van der Waals surface area contributed by atoms with Gasteiger partial charge in [0.2, 0.25) is 0 Å². The van der Waals surface area contributed by atoms with Gasteiger partial charge in [-0.05, 0) is 92.0 Å². The molecule has 9 heteroatoms. The first kappa shape index (κ1) is 30.8. The van der Waals surface area contributed by atoms with Crippen LogP contribution < -0.4 is 14.4 Å². The molecule has 5 rings (SSSR count). The molecule has 2 aromatic rings. The Morgan fingerprint density at radius 3 is 2.71 bits per heavy atom. The Kier molecular flexibility index (Phi) is 9.45. The molecular formula is C33H41ClN2O5S. The van der Waals surface area contributed by atoms with Crippen LogP contribution in [0.15, 0.2) is 48.6 Å². The van der Waals surface area contributed by atoms with Gasteiger partial charge in [-0.25, -0.2) is 4.21 Å². The number of rotatable bonds is 4. The van der Waals surface area contributed by atoms with Crippen molar-refractivity contribution in [2.24, 2.45) is 17.8 Å². The van der Waals surface area contributed by atoms with Crippen molar-refractivity contribution in [3.8, 4) is 5.75 Å². The van der Waals surface area contributed by atoms with Crippen LogP contribution in [0.1, 0.15) is 73.9 Å². The highest BCUT2D eigenvalue weighted by atomic mass is 35.5. The molecule has 0 spiro atoms. The molecule has 7 atom stereocenters. The van der Waals surface area contributed by atoms with Crippen LogP contribution in [0.2, 0.25) is 5.02 Å². The number of amides is 1. The number of allylic oxidation sites excluding steroid dienone is 1. The molecule has 2 aliphatic heterocycles. The van der Waals surface area contributed by atoms with Crippen LogP contribution in [0.4, 0.5) is 5.69 Å². The highest BCUT2D eigenvalue weighted by Gasteiger charge is 2.46. The maximum Gasteiger partial charge on any atom is 0.263 e. The fourth-order valence-corrected chi connectivity index (χ4v) is 7.72. The number of halogens is 1. The number of aryl methyl sites for hydroxylation is 1. The van der Waals surface area contributed by atoms with E-state index in [4.69, 9.17) is 16.3 Å². The van der Waals surface area contributed by atoms with Crippen LogP contribution >= 0.6 is 11.6 Å². The molecule has 2 bridgehead atoms. The first-order valence-corrected chi connectivity index (χ1v) is 16.6. The molecule has 1 aliphatic carbocycles. The first-order chi connectivity index (χ1) is 20.1. The van der Waals surface area contributed by atoms with Crippen molar-refractivity contribution in [2.75, 3.05) is 24.6 Å². The Balaban J connectivity index is 1.56. The number of aliphatic hydroxyl groups is 1. The van der Waals surface area contributed by atoms with Crippen LogP contribution in [-0.2, 0) is 22.2 Å². The van der Waals surface area contributed by atoms with Crippen molar-refractivity contribution in [3.63, 3.8) is 0 Å². The fraction of sp³-hybridized carbons (Fsp3) is 0.515. The van der Waals surface area contributed by atoms with E-state index >= 15 is 0 Å². The Hall–Kier alpha value is -2.68. The van der Waals surface area contributed by atoms with Crippen LogP contribution in [-0.4, -0.2) is 52.1 Å². The summed E-state index contributed by atoms with van der Waals surface area (Å²) in [4.78, 5) is 27.8. The van der Waals surface area contributed by atoms with Crippen molar-refractivity contribution in [1.29, 1.82) is 0 Å². The molecule has 0 aromatic heterocycles. The van der Waals surface area contributed by atoms with Gasteiger partial charge in [-0.3, -0.25) is 14.3 Å². The number of anilines is 1. The van der Waals surface area contributed by atoms with E-state index in [1.807, 2.05) is 44.2 Å². The van der Waals surface area contributed by atoms with E-state index in [2.05, 4.69) is 22.6 Å². The van der Waals surface area contributed by atoms with Crippen molar-refractivity contribution in [1.82, 2.24) is 4.72 Å². The lowest BCUT2D eigenvalue weighted by Gasteiger charge is -2.46. The Bertz CT molecular complexity index is 1380. The number of nitrogens with zero attached hydrogens (tertiary/aromatic N) is 1. The summed E-state index contributed by atoms with van der Waals surface area (Å²) in [5.74, 6) is 0.138. The molecule has 0 saturated heterocycles. The SMILES string of the molecule is CCCc1cc(Cl)ccc1C1COc2ccc3cc2N(C1)CC1CCC1C(O)(C=O)/C=C/CC(C)C(C)S(=O)NC3=O. The number of ether oxygens (including phenoxy) is 1. The average Bonchev–Trinajstić information content (AvgIpc) is 3.13. The van der Waals surface area contributed by atoms with Crippen molar-refractivity contribution < 1.29 is 23.6 Å². The molecule has 42 heavy (non-hydrogen) atoms. The summed E-state index contributed by atoms with van der Waals surface area (Å²) in [6.07, 6.45) is 8.18. The third kappa shape index (κ3) is 6.31. The van der Waals surface area contributed by atoms with E-state index in [1.165, 1.54) is 11.1 Å². The molecule has 2 aromatic carbocycles. The standard InChI is InChI=1S/C33H41ClN2O5S/c1-4-6-23-15-27(34)10-11-28(23)26-18-36-17-25-8-12-29(25)33(39,20-37)14-5-7-21(2)22(3)42(40)35-32(38)24-9-13-31(41-19-26)30(36)16-24/h5,9-11,13-16,20-22,25-26,29,39H,4,6-8,12,17-19H2,1-3H3,(H,35,38)/b14-5+. The molecule has 0 radical (unpaired) electrons. The molecule has 1 amide bonds. The van der Waals surface area contributed by atoms with Gasteiger partial charge in [-0.1, -0.05) is 44.0 Å². The van der Waals surface area contributed by atoms with Gasteiger partial charge in [-0.2, -0.15) is 0 Å². The van der Waals surface area contributed by atoms with E-state index in [1.54, 1.807) is 12.1 Å². The van der Waals surface area contributed by atoms with Crippen molar-refractivity contribution >= 4 is 40.5 Å². The van der Waals surface area contributed by atoms with Crippen LogP contribution in [0.25, 0.3) is 0 Å². The number of nitrogens with one attached hydrogen (secondary N) is 1. The lowest BCUT2D eigenvalue weighted by molar-refractivity contribution is -0.130. The zero-order chi connectivity index (χ0) is 30.0. The van der Waals surface area contributed by atoms with Gasteiger partial charge < -0.3 is 14.7 Å². The second-order valence-electron chi connectivity index (χ2n) is 12.2. The van der Waals surface area contributed by atoms with E-state index in [-0.39, 0.29) is 28.9 Å². The van der Waals surface area contributed by atoms with Crippen LogP contribution in [0.5, 0.6) is 5.75 Å². The second kappa shape index (κ2) is 12.9. The summed E-state index contributed by atoms with van der Waals surface area (Å²) < 4.78 is 22.2. The van der Waals surface area contributed by atoms with Gasteiger partial charge >= 0.3 is 0 Å². The minimum Gasteiger partial charge on any atom is -0.491 e. The lowest BCUT2D eigenvalue weighted by atomic mass is 9.64. The number of hydrogen-bond acceptors (Lipinski definition) is 6. The number of carbonyl (C=O) groups is 2. The Labute approximate surface area is 256 Å². The van der Waals surface area contributed by atoms with Gasteiger partial charge in [0, 0.05) is 35.5 Å². The summed E-state index contributed by atoms with van der Waals surface area (Å²) in [5, 5.41) is 11.8. The highest BCUT2D eigenvalue weighted by molar-refractivity contribution is 7.84. The molecule has 3 aliphatic rings. The van der Waals surface area contributed by atoms with Crippen molar-refractivity contribution in [3.05, 3.63) is 70.3 Å². The molecule has 2 heterocycles. The van der Waals surface area contributed by atoms with E-state index < -0.39 is 22.5 Å². The summed E-state index contributed by atoms with van der Waals surface area (Å²) in [7, 11) is -1.61. The predicted octanol–water partition coefficient (Wildman–Crippen LogP) is 5.61. The summed E-state index contributed by atoms with van der Waals surface area (Å²) >= 11 is 6.37. The lowest BCUT2D eigenvalue weighted by Crippen LogP contribution is -2.51. The predicted molar refractivity (Wildman–Crippen MR) is 168 cm³/mol. The average molecular weight is 613 g/mol. The topological polar surface area (TPSA) is 95.9 Å². The quantitative estimate of drug-likeness (QED) is 0.344. The molecule has 7 nitrogen and oxygen atoms in total. The van der Waals surface area contributed by atoms with Gasteiger partial charge in [0.15, 0.2) is 6.29 Å². The molecular weight excluding hydrogens is 572 g/mol. The zero-order valence-corrected chi connectivity index (χ0v) is 26.1. The molecule has 7 unspecified atom stereocenters. The highest BCUT2D eigenvalue weighted by Crippen LogP contribution is 2.45. The fourth-order valence-electron chi connectivity index (χ4n) is 6.50. The number of hydrogen-bond donors (Lipinski definition) is 2. The number of fused-ring (bicyclic) bond motifs is 2. The van der Waals surface area contributed by atoms with E-state index in [9.17, 15) is 18.9 Å². The van der Waals surface area contributed by atoms with E-state index in [0.717, 1.165) is 31.4 Å². The largest absolute Gasteiger partial charge is 0.491 e. The summed E-state index contributed by atoms with van der Waals surface area (Å²) in [6, 6.07) is 11.4. The van der Waals surface area contributed by atoms with Gasteiger partial charge in [0.05, 0.1) is 17.5 Å². The molecule has 1 saturated carbocycles. The third-order valence-corrected chi connectivity index (χ3v) is 11.1. The maximum atomic E-state index is 13.3. The van der Waals surface area contributed by atoms with Gasteiger partial charge in [0.1, 0.15) is 22.3 Å². The third-order valence-electron chi connectivity index (χ3n) is 9.39. The first-order valence-electron chi connectivity index (χ1n) is 15.0. The summed E-state index contributed by atoms with van der Waals surface area (Å²) in [6.45, 7) is 7.63. The Morgan fingerprint density at radius 2 is 2.00 bits per heavy atom. The van der Waals surface area contributed by atoms with Gasteiger partial charge in [0.25, 0.3) is 5.91 Å². The maximum absolute atomic E-state index is 13.3. The zero-order valence-electron chi connectivity index (χ0n) is 24.6. The number of carbonyl (C=O) groups excluding carboxylic acids is 2. The van der Waals surface area contributed by atoms with Crippen molar-refractivity contribution in [2.45, 2.75) is 69.6 Å². The minimum atomic E-state index is -1.61. The van der Waals surface area contributed by atoms with Gasteiger partial charge in [-0.15, -0.1) is 0 Å². The number of benzene rings is 2. The second-order valence-corrected chi connectivity index (χ2v) is 14.2. The number of aldehydes is 1.